The molecule has 0 saturated carbocycles. The maximum absolute atomic E-state index is 12.3. The van der Waals surface area contributed by atoms with Crippen LogP contribution in [-0.2, 0) is 17.6 Å². The minimum Gasteiger partial charge on any atom is -0.273 e. The van der Waals surface area contributed by atoms with Crippen LogP contribution in [0.3, 0.4) is 0 Å². The predicted octanol–water partition coefficient (Wildman–Crippen LogP) is 1.68. The Balaban J connectivity index is 1.66. The predicted molar refractivity (Wildman–Crippen MR) is 98.0 cm³/mol. The molecular formula is C17H20N6O2S. The average Bonchev–Trinajstić information content (AvgIpc) is 3.22. The van der Waals surface area contributed by atoms with Gasteiger partial charge in [0.1, 0.15) is 6.33 Å². The van der Waals surface area contributed by atoms with Crippen molar-refractivity contribution >= 4 is 28.9 Å². The Hall–Kier alpha value is -2.81. The van der Waals surface area contributed by atoms with Gasteiger partial charge in [0, 0.05) is 21.8 Å². The lowest BCUT2D eigenvalue weighted by atomic mass is 10.1. The van der Waals surface area contributed by atoms with E-state index < -0.39 is 0 Å². The number of aryl methyl sites for hydroxylation is 4. The molecule has 0 unspecified atom stereocenters. The van der Waals surface area contributed by atoms with Gasteiger partial charge in [0.15, 0.2) is 0 Å². The van der Waals surface area contributed by atoms with Gasteiger partial charge in [0.05, 0.1) is 11.3 Å². The fourth-order valence-corrected chi connectivity index (χ4v) is 3.80. The molecule has 0 aliphatic heterocycles. The lowest BCUT2D eigenvalue weighted by Crippen LogP contribution is -2.42. The number of hydrogen-bond donors (Lipinski definition) is 2. The number of carbonyl (C=O) groups excluding carboxylic acids is 2. The van der Waals surface area contributed by atoms with E-state index in [1.165, 1.54) is 22.5 Å². The molecule has 3 aromatic heterocycles. The molecule has 3 rings (SSSR count). The molecule has 8 nitrogen and oxygen atoms in total. The summed E-state index contributed by atoms with van der Waals surface area (Å²) < 4.78 is 1.59. The van der Waals surface area contributed by atoms with Crippen LogP contribution in [0.5, 0.6) is 0 Å². The Labute approximate surface area is 154 Å². The van der Waals surface area contributed by atoms with Gasteiger partial charge < -0.3 is 0 Å². The van der Waals surface area contributed by atoms with Crippen LogP contribution in [0.1, 0.15) is 44.0 Å². The summed E-state index contributed by atoms with van der Waals surface area (Å²) in [6.07, 6.45) is 2.39. The molecule has 0 atom stereocenters. The number of amides is 2. The van der Waals surface area contributed by atoms with Gasteiger partial charge in [0.25, 0.3) is 11.7 Å². The van der Waals surface area contributed by atoms with Gasteiger partial charge >= 0.3 is 0 Å². The van der Waals surface area contributed by atoms with Crippen molar-refractivity contribution < 1.29 is 9.59 Å². The zero-order valence-corrected chi connectivity index (χ0v) is 15.9. The normalized spacial score (nSPS) is 10.9. The van der Waals surface area contributed by atoms with Crippen molar-refractivity contribution in [3.05, 3.63) is 44.7 Å². The molecule has 0 aliphatic rings. The summed E-state index contributed by atoms with van der Waals surface area (Å²) in [6, 6.07) is 1.84. The molecule has 9 heteroatoms. The second kappa shape index (κ2) is 7.20. The average molecular weight is 372 g/mol. The Morgan fingerprint density at radius 2 is 2.00 bits per heavy atom. The van der Waals surface area contributed by atoms with Crippen molar-refractivity contribution in [1.82, 2.24) is 30.4 Å². The van der Waals surface area contributed by atoms with E-state index in [1.54, 1.807) is 4.52 Å². The molecule has 136 valence electrons. The quantitative estimate of drug-likeness (QED) is 0.679. The third kappa shape index (κ3) is 3.43. The zero-order chi connectivity index (χ0) is 18.8. The lowest BCUT2D eigenvalue weighted by molar-refractivity contribution is -0.121. The fourth-order valence-electron chi connectivity index (χ4n) is 2.79. The standard InChI is InChI=1S/C17H20N6O2S/c1-5-13-9(2)6-14(26-13)16(25)22-21-15(24)7-12-10(3)20-17-18-8-19-23(17)11(12)4/h6,8H,5,7H2,1-4H3,(H,21,24)(H,22,25). The first-order chi connectivity index (χ1) is 12.4. The smallest absolute Gasteiger partial charge is 0.273 e. The molecule has 0 spiro atoms. The molecule has 3 heterocycles. The number of hydrazine groups is 1. The van der Waals surface area contributed by atoms with E-state index >= 15 is 0 Å². The monoisotopic (exact) mass is 372 g/mol. The number of fused-ring (bicyclic) bond motifs is 1. The van der Waals surface area contributed by atoms with E-state index in [0.717, 1.165) is 23.2 Å². The summed E-state index contributed by atoms with van der Waals surface area (Å²) >= 11 is 1.44. The van der Waals surface area contributed by atoms with Crippen molar-refractivity contribution in [2.75, 3.05) is 0 Å². The first kappa shape index (κ1) is 18.0. The summed E-state index contributed by atoms with van der Waals surface area (Å²) in [5.41, 5.74) is 8.30. The van der Waals surface area contributed by atoms with Gasteiger partial charge in [-0.2, -0.15) is 10.1 Å². The van der Waals surface area contributed by atoms with Crippen LogP contribution in [0.4, 0.5) is 0 Å². The van der Waals surface area contributed by atoms with E-state index in [-0.39, 0.29) is 18.2 Å². The van der Waals surface area contributed by atoms with Gasteiger partial charge in [-0.25, -0.2) is 9.50 Å². The zero-order valence-electron chi connectivity index (χ0n) is 15.1. The van der Waals surface area contributed by atoms with Crippen LogP contribution in [0.25, 0.3) is 5.78 Å². The highest BCUT2D eigenvalue weighted by Crippen LogP contribution is 2.22. The Kier molecular flexibility index (Phi) is 4.99. The third-order valence-electron chi connectivity index (χ3n) is 4.21. The van der Waals surface area contributed by atoms with E-state index in [2.05, 4.69) is 25.9 Å². The second-order valence-electron chi connectivity index (χ2n) is 5.98. The van der Waals surface area contributed by atoms with Gasteiger partial charge in [-0.1, -0.05) is 6.92 Å². The molecule has 2 amide bonds. The topological polar surface area (TPSA) is 101 Å². The summed E-state index contributed by atoms with van der Waals surface area (Å²) in [7, 11) is 0. The second-order valence-corrected chi connectivity index (χ2v) is 7.12. The first-order valence-corrected chi connectivity index (χ1v) is 9.06. The summed E-state index contributed by atoms with van der Waals surface area (Å²) in [6.45, 7) is 7.71. The van der Waals surface area contributed by atoms with Crippen LogP contribution in [0.15, 0.2) is 12.4 Å². The number of thiophene rings is 1. The van der Waals surface area contributed by atoms with Crippen LogP contribution in [0.2, 0.25) is 0 Å². The molecule has 0 aromatic carbocycles. The van der Waals surface area contributed by atoms with Gasteiger partial charge in [-0.05, 0) is 38.8 Å². The Morgan fingerprint density at radius 1 is 1.23 bits per heavy atom. The third-order valence-corrected chi connectivity index (χ3v) is 5.59. The van der Waals surface area contributed by atoms with Crippen LogP contribution in [-0.4, -0.2) is 31.4 Å². The number of rotatable bonds is 4. The highest BCUT2D eigenvalue weighted by molar-refractivity contribution is 7.14. The van der Waals surface area contributed by atoms with Crippen LogP contribution >= 0.6 is 11.3 Å². The minimum atomic E-state index is -0.324. The van der Waals surface area contributed by atoms with E-state index in [4.69, 9.17) is 0 Å². The maximum atomic E-state index is 12.3. The molecule has 3 aromatic rings. The Bertz CT molecular complexity index is 991. The SMILES string of the molecule is CCc1sc(C(=O)NNC(=O)Cc2c(C)nc3ncnn3c2C)cc1C. The van der Waals surface area contributed by atoms with Crippen LogP contribution < -0.4 is 10.9 Å². The van der Waals surface area contributed by atoms with E-state index in [9.17, 15) is 9.59 Å². The number of aromatic nitrogens is 4. The minimum absolute atomic E-state index is 0.0877. The lowest BCUT2D eigenvalue weighted by Gasteiger charge is -2.11. The van der Waals surface area contributed by atoms with Crippen molar-refractivity contribution in [1.29, 1.82) is 0 Å². The number of nitrogens with zero attached hydrogens (tertiary/aromatic N) is 4. The highest BCUT2D eigenvalue weighted by Gasteiger charge is 2.16. The highest BCUT2D eigenvalue weighted by atomic mass is 32.1. The number of nitrogens with one attached hydrogen (secondary N) is 2. The summed E-state index contributed by atoms with van der Waals surface area (Å²) in [4.78, 5) is 34.6. The molecular weight excluding hydrogens is 352 g/mol. The largest absolute Gasteiger partial charge is 0.279 e. The van der Waals surface area contributed by atoms with Gasteiger partial charge in [-0.3, -0.25) is 20.4 Å². The number of carbonyl (C=O) groups is 2. The maximum Gasteiger partial charge on any atom is 0.279 e. The van der Waals surface area contributed by atoms with Crippen molar-refractivity contribution in [2.45, 2.75) is 40.5 Å². The molecule has 0 radical (unpaired) electrons. The first-order valence-electron chi connectivity index (χ1n) is 8.25. The van der Waals surface area contributed by atoms with E-state index in [1.807, 2.05) is 33.8 Å². The van der Waals surface area contributed by atoms with Gasteiger partial charge in [0.2, 0.25) is 5.91 Å². The van der Waals surface area contributed by atoms with Crippen molar-refractivity contribution in [3.63, 3.8) is 0 Å². The van der Waals surface area contributed by atoms with Crippen LogP contribution in [0, 0.1) is 20.8 Å². The van der Waals surface area contributed by atoms with Crippen molar-refractivity contribution in [3.8, 4) is 0 Å². The summed E-state index contributed by atoms with van der Waals surface area (Å²) in [5, 5.41) is 4.10. The molecule has 2 N–H and O–H groups in total. The molecule has 0 saturated heterocycles. The molecule has 0 fully saturated rings. The number of hydrogen-bond acceptors (Lipinski definition) is 6. The molecule has 26 heavy (non-hydrogen) atoms. The molecule has 0 aliphatic carbocycles. The van der Waals surface area contributed by atoms with E-state index in [0.29, 0.717) is 16.3 Å². The van der Waals surface area contributed by atoms with Gasteiger partial charge in [-0.15, -0.1) is 11.3 Å². The Morgan fingerprint density at radius 3 is 2.69 bits per heavy atom. The molecule has 0 bridgehead atoms. The fraction of sp³-hybridized carbons (Fsp3) is 0.353. The van der Waals surface area contributed by atoms with Crippen molar-refractivity contribution in [2.24, 2.45) is 0 Å². The summed E-state index contributed by atoms with van der Waals surface area (Å²) in [5.74, 6) is -0.142.